The molecule has 1 atom stereocenters. The summed E-state index contributed by atoms with van der Waals surface area (Å²) >= 11 is 0. The van der Waals surface area contributed by atoms with Gasteiger partial charge in [-0.2, -0.15) is 0 Å². The molecule has 0 unspecified atom stereocenters. The molecule has 1 aliphatic carbocycles. The van der Waals surface area contributed by atoms with Crippen molar-refractivity contribution in [1.29, 1.82) is 0 Å². The van der Waals surface area contributed by atoms with Crippen LogP contribution in [-0.4, -0.2) is 26.2 Å². The van der Waals surface area contributed by atoms with Crippen LogP contribution in [0.25, 0.3) is 0 Å². The van der Waals surface area contributed by atoms with Crippen LogP contribution in [0.1, 0.15) is 30.9 Å². The van der Waals surface area contributed by atoms with Crippen LogP contribution in [0.4, 0.5) is 5.69 Å². The topological polar surface area (TPSA) is 56.8 Å². The van der Waals surface area contributed by atoms with Gasteiger partial charge in [-0.1, -0.05) is 6.07 Å². The molecule has 5 heteroatoms. The molecule has 1 aliphatic rings. The van der Waals surface area contributed by atoms with Crippen LogP contribution < -0.4 is 19.5 Å². The highest BCUT2D eigenvalue weighted by molar-refractivity contribution is 5.95. The van der Waals surface area contributed by atoms with Gasteiger partial charge in [0.1, 0.15) is 17.2 Å². The lowest BCUT2D eigenvalue weighted by molar-refractivity contribution is -0.122. The fraction of sp³-hybridized carbons (Fsp3) is 0.381. The first kappa shape index (κ1) is 18.1. The molecule has 0 aromatic heterocycles. The van der Waals surface area contributed by atoms with Gasteiger partial charge in [0.2, 0.25) is 0 Å². The summed E-state index contributed by atoms with van der Waals surface area (Å²) in [6, 6.07) is 11.4. The van der Waals surface area contributed by atoms with Gasteiger partial charge in [-0.15, -0.1) is 0 Å². The van der Waals surface area contributed by atoms with Gasteiger partial charge in [-0.05, 0) is 68.0 Å². The van der Waals surface area contributed by atoms with Gasteiger partial charge < -0.3 is 19.5 Å². The number of ether oxygens (including phenoxy) is 3. The molecule has 0 radical (unpaired) electrons. The first-order chi connectivity index (χ1) is 12.6. The monoisotopic (exact) mass is 355 g/mol. The number of nitrogens with one attached hydrogen (secondary N) is 1. The van der Waals surface area contributed by atoms with Gasteiger partial charge in [-0.25, -0.2) is 0 Å². The third-order valence-corrected chi connectivity index (χ3v) is 4.67. The van der Waals surface area contributed by atoms with E-state index in [2.05, 4.69) is 17.4 Å². The second-order valence-corrected chi connectivity index (χ2v) is 6.45. The zero-order chi connectivity index (χ0) is 18.5. The number of hydrogen-bond donors (Lipinski definition) is 1. The molecule has 2 aromatic rings. The molecule has 2 aromatic carbocycles. The number of benzene rings is 2. The normalized spacial score (nSPS) is 14.1. The Labute approximate surface area is 154 Å². The van der Waals surface area contributed by atoms with E-state index in [1.165, 1.54) is 24.0 Å². The number of amides is 1. The van der Waals surface area contributed by atoms with Crippen LogP contribution in [0.5, 0.6) is 17.2 Å². The Bertz CT molecular complexity index is 788. The van der Waals surface area contributed by atoms with Crippen LogP contribution in [0.2, 0.25) is 0 Å². The Hall–Kier alpha value is -2.69. The molecular weight excluding hydrogens is 330 g/mol. The van der Waals surface area contributed by atoms with E-state index in [4.69, 9.17) is 14.2 Å². The number of rotatable bonds is 6. The molecule has 1 N–H and O–H groups in total. The average Bonchev–Trinajstić information content (AvgIpc) is 2.67. The molecule has 138 valence electrons. The minimum atomic E-state index is -0.632. The summed E-state index contributed by atoms with van der Waals surface area (Å²) < 4.78 is 16.4. The fourth-order valence-corrected chi connectivity index (χ4v) is 3.19. The molecule has 1 amide bonds. The lowest BCUT2D eigenvalue weighted by Gasteiger charge is -2.19. The van der Waals surface area contributed by atoms with Crippen LogP contribution >= 0.6 is 0 Å². The molecule has 0 saturated heterocycles. The summed E-state index contributed by atoms with van der Waals surface area (Å²) in [4.78, 5) is 12.5. The molecule has 26 heavy (non-hydrogen) atoms. The first-order valence-electron chi connectivity index (χ1n) is 8.92. The van der Waals surface area contributed by atoms with Crippen molar-refractivity contribution in [2.75, 3.05) is 19.5 Å². The molecular formula is C21H25NO4. The van der Waals surface area contributed by atoms with Gasteiger partial charge in [0, 0.05) is 6.07 Å². The van der Waals surface area contributed by atoms with E-state index in [0.717, 1.165) is 18.6 Å². The highest BCUT2D eigenvalue weighted by atomic mass is 16.5. The minimum Gasteiger partial charge on any atom is -0.497 e. The van der Waals surface area contributed by atoms with Crippen molar-refractivity contribution in [2.24, 2.45) is 0 Å². The summed E-state index contributed by atoms with van der Waals surface area (Å²) in [5.41, 5.74) is 3.27. The summed E-state index contributed by atoms with van der Waals surface area (Å²) in [5, 5.41) is 2.85. The summed E-state index contributed by atoms with van der Waals surface area (Å²) in [6.07, 6.45) is 4.03. The van der Waals surface area contributed by atoms with Crippen LogP contribution in [-0.2, 0) is 17.6 Å². The number of carbonyl (C=O) groups excluding carboxylic acids is 1. The molecule has 0 bridgehead atoms. The summed E-state index contributed by atoms with van der Waals surface area (Å²) in [5.74, 6) is 1.70. The number of anilines is 1. The third-order valence-electron chi connectivity index (χ3n) is 4.67. The number of methoxy groups -OCH3 is 2. The number of aryl methyl sites for hydroxylation is 2. The van der Waals surface area contributed by atoms with Gasteiger partial charge in [0.25, 0.3) is 5.91 Å². The number of hydrogen-bond acceptors (Lipinski definition) is 4. The Balaban J connectivity index is 1.68. The van der Waals surface area contributed by atoms with Gasteiger partial charge >= 0.3 is 0 Å². The number of carbonyl (C=O) groups is 1. The maximum absolute atomic E-state index is 12.5. The quantitative estimate of drug-likeness (QED) is 0.851. The SMILES string of the molecule is COc1ccc(OC)c(NC(=O)[C@H](C)Oc2ccc3c(c2)CCCC3)c1. The van der Waals surface area contributed by atoms with Crippen molar-refractivity contribution in [3.05, 3.63) is 47.5 Å². The smallest absolute Gasteiger partial charge is 0.265 e. The van der Waals surface area contributed by atoms with E-state index >= 15 is 0 Å². The van der Waals surface area contributed by atoms with Crippen molar-refractivity contribution in [1.82, 2.24) is 0 Å². The van der Waals surface area contributed by atoms with E-state index in [9.17, 15) is 4.79 Å². The van der Waals surface area contributed by atoms with Gasteiger partial charge in [0.15, 0.2) is 6.10 Å². The Morgan fingerprint density at radius 1 is 0.962 bits per heavy atom. The predicted molar refractivity (Wildman–Crippen MR) is 101 cm³/mol. The Kier molecular flexibility index (Phi) is 5.66. The lowest BCUT2D eigenvalue weighted by Crippen LogP contribution is -2.30. The van der Waals surface area contributed by atoms with Crippen LogP contribution in [0.3, 0.4) is 0 Å². The lowest BCUT2D eigenvalue weighted by atomic mass is 9.92. The van der Waals surface area contributed by atoms with Gasteiger partial charge in [0.05, 0.1) is 19.9 Å². The van der Waals surface area contributed by atoms with Gasteiger partial charge in [-0.3, -0.25) is 4.79 Å². The second kappa shape index (κ2) is 8.13. The molecule has 3 rings (SSSR count). The first-order valence-corrected chi connectivity index (χ1v) is 8.92. The van der Waals surface area contributed by atoms with Crippen molar-refractivity contribution < 1.29 is 19.0 Å². The molecule has 0 saturated carbocycles. The van der Waals surface area contributed by atoms with E-state index < -0.39 is 6.10 Å². The van der Waals surface area contributed by atoms with E-state index in [1.54, 1.807) is 39.3 Å². The maximum atomic E-state index is 12.5. The maximum Gasteiger partial charge on any atom is 0.265 e. The fourth-order valence-electron chi connectivity index (χ4n) is 3.19. The largest absolute Gasteiger partial charge is 0.497 e. The predicted octanol–water partition coefficient (Wildman–Crippen LogP) is 3.99. The zero-order valence-electron chi connectivity index (χ0n) is 15.5. The number of fused-ring (bicyclic) bond motifs is 1. The average molecular weight is 355 g/mol. The van der Waals surface area contributed by atoms with Crippen LogP contribution in [0.15, 0.2) is 36.4 Å². The highest BCUT2D eigenvalue weighted by Crippen LogP contribution is 2.29. The second-order valence-electron chi connectivity index (χ2n) is 6.45. The Morgan fingerprint density at radius 3 is 2.42 bits per heavy atom. The van der Waals surface area contributed by atoms with E-state index in [0.29, 0.717) is 17.2 Å². The standard InChI is InChI=1S/C21H25NO4/c1-14(26-18-9-8-15-6-4-5-7-16(15)12-18)21(23)22-19-13-17(24-2)10-11-20(19)25-3/h8-14H,4-7H2,1-3H3,(H,22,23)/t14-/m0/s1. The molecule has 0 fully saturated rings. The zero-order valence-corrected chi connectivity index (χ0v) is 15.5. The summed E-state index contributed by atoms with van der Waals surface area (Å²) in [7, 11) is 3.14. The third kappa shape index (κ3) is 4.10. The van der Waals surface area contributed by atoms with Crippen molar-refractivity contribution in [2.45, 2.75) is 38.7 Å². The van der Waals surface area contributed by atoms with Crippen molar-refractivity contribution in [3.63, 3.8) is 0 Å². The highest BCUT2D eigenvalue weighted by Gasteiger charge is 2.18. The molecule has 5 nitrogen and oxygen atoms in total. The summed E-state index contributed by atoms with van der Waals surface area (Å²) in [6.45, 7) is 1.74. The minimum absolute atomic E-state index is 0.241. The van der Waals surface area contributed by atoms with Crippen molar-refractivity contribution in [3.8, 4) is 17.2 Å². The van der Waals surface area contributed by atoms with E-state index in [-0.39, 0.29) is 5.91 Å². The van der Waals surface area contributed by atoms with Crippen LogP contribution in [0, 0.1) is 0 Å². The van der Waals surface area contributed by atoms with Crippen molar-refractivity contribution >= 4 is 11.6 Å². The van der Waals surface area contributed by atoms with E-state index in [1.807, 2.05) is 6.07 Å². The Morgan fingerprint density at radius 2 is 1.69 bits per heavy atom. The molecule has 0 spiro atoms. The molecule has 0 aliphatic heterocycles. The molecule has 0 heterocycles.